The van der Waals surface area contributed by atoms with E-state index in [1.54, 1.807) is 0 Å². The van der Waals surface area contributed by atoms with Gasteiger partial charge in [0.2, 0.25) is 0 Å². The van der Waals surface area contributed by atoms with Crippen LogP contribution >= 0.6 is 0 Å². The summed E-state index contributed by atoms with van der Waals surface area (Å²) in [4.78, 5) is 2.27. The van der Waals surface area contributed by atoms with Crippen molar-refractivity contribution in [2.45, 2.75) is 32.4 Å². The number of hydrogen-bond donors (Lipinski definition) is 2. The third-order valence-electron chi connectivity index (χ3n) is 3.51. The molecule has 2 N–H and O–H groups in total. The molecule has 1 heterocycles. The highest BCUT2D eigenvalue weighted by Gasteiger charge is 2.20. The van der Waals surface area contributed by atoms with Gasteiger partial charge in [-0.25, -0.2) is 0 Å². The summed E-state index contributed by atoms with van der Waals surface area (Å²) in [5.74, 6) is 0. The predicted octanol–water partition coefficient (Wildman–Crippen LogP) is 1.71. The number of nitrogens with zero attached hydrogens (tertiary/aromatic N) is 1. The lowest BCUT2D eigenvalue weighted by Crippen LogP contribution is -2.29. The van der Waals surface area contributed by atoms with Crippen molar-refractivity contribution in [1.29, 1.82) is 0 Å². The van der Waals surface area contributed by atoms with Crippen LogP contribution in [0.1, 0.15) is 31.0 Å². The van der Waals surface area contributed by atoms with Crippen LogP contribution in [0.5, 0.6) is 0 Å². The van der Waals surface area contributed by atoms with Crippen LogP contribution in [0.3, 0.4) is 0 Å². The van der Waals surface area contributed by atoms with E-state index in [4.69, 9.17) is 0 Å². The highest BCUT2D eigenvalue weighted by molar-refractivity contribution is 5.59. The summed E-state index contributed by atoms with van der Waals surface area (Å²) in [5.41, 5.74) is 4.04. The van der Waals surface area contributed by atoms with Gasteiger partial charge in [0.1, 0.15) is 0 Å². The van der Waals surface area contributed by atoms with Crippen LogP contribution in [0.25, 0.3) is 0 Å². The number of aliphatic hydroxyl groups excluding tert-OH is 1. The molecule has 0 amide bonds. The Labute approximate surface area is 103 Å². The Morgan fingerprint density at radius 1 is 1.41 bits per heavy atom. The fourth-order valence-electron chi connectivity index (χ4n) is 2.43. The van der Waals surface area contributed by atoms with E-state index >= 15 is 0 Å². The Hall–Kier alpha value is -1.06. The Morgan fingerprint density at radius 3 is 2.82 bits per heavy atom. The van der Waals surface area contributed by atoms with Gasteiger partial charge in [-0.1, -0.05) is 12.1 Å². The lowest BCUT2D eigenvalue weighted by Gasteiger charge is -2.21. The van der Waals surface area contributed by atoms with Gasteiger partial charge >= 0.3 is 0 Å². The maximum atomic E-state index is 9.47. The molecule has 1 aliphatic heterocycles. The number of nitrogens with one attached hydrogen (secondary N) is 1. The van der Waals surface area contributed by atoms with Crippen molar-refractivity contribution in [3.63, 3.8) is 0 Å². The second-order valence-corrected chi connectivity index (χ2v) is 4.94. The van der Waals surface area contributed by atoms with Gasteiger partial charge in [0, 0.05) is 24.8 Å². The van der Waals surface area contributed by atoms with E-state index in [0.717, 1.165) is 19.5 Å². The summed E-state index contributed by atoms with van der Waals surface area (Å²) in [5, 5.41) is 12.7. The topological polar surface area (TPSA) is 35.5 Å². The van der Waals surface area contributed by atoms with E-state index in [9.17, 15) is 5.11 Å². The van der Waals surface area contributed by atoms with E-state index in [-0.39, 0.29) is 6.10 Å². The Morgan fingerprint density at radius 2 is 2.18 bits per heavy atom. The summed E-state index contributed by atoms with van der Waals surface area (Å²) < 4.78 is 0. The van der Waals surface area contributed by atoms with Crippen LogP contribution in [0.15, 0.2) is 18.2 Å². The SMILES string of the molecule is CNC(C)c1ccc2c(c1)CCN2CC(C)O. The van der Waals surface area contributed by atoms with E-state index < -0.39 is 0 Å². The standard InChI is InChI=1S/C14H22N2O/c1-10(17)9-16-7-6-13-8-12(11(2)15-3)4-5-14(13)16/h4-5,8,10-11,15,17H,6-7,9H2,1-3H3. The van der Waals surface area contributed by atoms with Crippen molar-refractivity contribution in [2.24, 2.45) is 0 Å². The van der Waals surface area contributed by atoms with Crippen molar-refractivity contribution in [3.05, 3.63) is 29.3 Å². The summed E-state index contributed by atoms with van der Waals surface area (Å²) in [7, 11) is 1.98. The molecule has 0 spiro atoms. The Balaban J connectivity index is 2.19. The number of aliphatic hydroxyl groups is 1. The molecule has 0 saturated carbocycles. The molecule has 0 aliphatic carbocycles. The highest BCUT2D eigenvalue weighted by atomic mass is 16.3. The zero-order valence-electron chi connectivity index (χ0n) is 10.9. The quantitative estimate of drug-likeness (QED) is 0.832. The van der Waals surface area contributed by atoms with E-state index in [0.29, 0.717) is 6.04 Å². The number of β-amino-alcohol motifs (C(OH)–C–C–N with tert-alkyl or cyclic N) is 1. The molecule has 1 aromatic carbocycles. The van der Waals surface area contributed by atoms with Crippen LogP contribution in [0, 0.1) is 0 Å². The first-order valence-corrected chi connectivity index (χ1v) is 6.35. The maximum absolute atomic E-state index is 9.47. The molecule has 0 saturated heterocycles. The Bertz CT molecular complexity index is 390. The first-order chi connectivity index (χ1) is 8.11. The normalized spacial score (nSPS) is 18.0. The molecule has 3 heteroatoms. The largest absolute Gasteiger partial charge is 0.392 e. The van der Waals surface area contributed by atoms with Gasteiger partial charge in [-0.2, -0.15) is 0 Å². The molecule has 1 aromatic rings. The van der Waals surface area contributed by atoms with E-state index in [2.05, 4.69) is 35.3 Å². The number of hydrogen-bond acceptors (Lipinski definition) is 3. The van der Waals surface area contributed by atoms with Gasteiger partial charge in [0.15, 0.2) is 0 Å². The third-order valence-corrected chi connectivity index (χ3v) is 3.51. The molecule has 94 valence electrons. The molecule has 0 fully saturated rings. The van der Waals surface area contributed by atoms with Gasteiger partial charge in [-0.05, 0) is 44.5 Å². The number of benzene rings is 1. The molecule has 2 rings (SSSR count). The summed E-state index contributed by atoms with van der Waals surface area (Å²) in [6.07, 6.45) is 0.823. The molecular formula is C14H22N2O. The van der Waals surface area contributed by atoms with Gasteiger partial charge in [-0.15, -0.1) is 0 Å². The molecule has 3 nitrogen and oxygen atoms in total. The third kappa shape index (κ3) is 2.61. The van der Waals surface area contributed by atoms with Crippen LogP contribution in [0.2, 0.25) is 0 Å². The van der Waals surface area contributed by atoms with Gasteiger partial charge < -0.3 is 15.3 Å². The second-order valence-electron chi connectivity index (χ2n) is 4.94. The van der Waals surface area contributed by atoms with E-state index in [1.165, 1.54) is 16.8 Å². The van der Waals surface area contributed by atoms with Crippen LogP contribution in [-0.4, -0.2) is 31.3 Å². The fourth-order valence-corrected chi connectivity index (χ4v) is 2.43. The minimum atomic E-state index is -0.267. The maximum Gasteiger partial charge on any atom is 0.0687 e. The van der Waals surface area contributed by atoms with Crippen molar-refractivity contribution in [1.82, 2.24) is 5.32 Å². The smallest absolute Gasteiger partial charge is 0.0687 e. The lowest BCUT2D eigenvalue weighted by atomic mass is 10.0. The monoisotopic (exact) mass is 234 g/mol. The molecule has 2 unspecified atom stereocenters. The lowest BCUT2D eigenvalue weighted by molar-refractivity contribution is 0.200. The number of fused-ring (bicyclic) bond motifs is 1. The van der Waals surface area contributed by atoms with Crippen LogP contribution in [0.4, 0.5) is 5.69 Å². The molecule has 17 heavy (non-hydrogen) atoms. The average molecular weight is 234 g/mol. The Kier molecular flexibility index (Phi) is 3.69. The fraction of sp³-hybridized carbons (Fsp3) is 0.571. The molecular weight excluding hydrogens is 212 g/mol. The minimum Gasteiger partial charge on any atom is -0.392 e. The zero-order chi connectivity index (χ0) is 12.4. The van der Waals surface area contributed by atoms with Crippen LogP contribution in [-0.2, 0) is 6.42 Å². The molecule has 1 aliphatic rings. The van der Waals surface area contributed by atoms with E-state index in [1.807, 2.05) is 14.0 Å². The first-order valence-electron chi connectivity index (χ1n) is 6.35. The van der Waals surface area contributed by atoms with Crippen LogP contribution < -0.4 is 10.2 Å². The second kappa shape index (κ2) is 5.07. The predicted molar refractivity (Wildman–Crippen MR) is 71.5 cm³/mol. The molecule has 0 radical (unpaired) electrons. The first kappa shape index (κ1) is 12.4. The van der Waals surface area contributed by atoms with Crippen molar-refractivity contribution >= 4 is 5.69 Å². The van der Waals surface area contributed by atoms with Gasteiger partial charge in [-0.3, -0.25) is 0 Å². The van der Waals surface area contributed by atoms with Crippen molar-refractivity contribution in [3.8, 4) is 0 Å². The van der Waals surface area contributed by atoms with Crippen molar-refractivity contribution in [2.75, 3.05) is 25.0 Å². The van der Waals surface area contributed by atoms with Gasteiger partial charge in [0.25, 0.3) is 0 Å². The number of anilines is 1. The summed E-state index contributed by atoms with van der Waals surface area (Å²) in [6, 6.07) is 7.05. The minimum absolute atomic E-state index is 0.267. The summed E-state index contributed by atoms with van der Waals surface area (Å²) >= 11 is 0. The molecule has 2 atom stereocenters. The zero-order valence-corrected chi connectivity index (χ0v) is 10.9. The molecule has 0 aromatic heterocycles. The average Bonchev–Trinajstić information content (AvgIpc) is 2.70. The van der Waals surface area contributed by atoms with Crippen molar-refractivity contribution < 1.29 is 5.11 Å². The highest BCUT2D eigenvalue weighted by Crippen LogP contribution is 2.30. The number of rotatable bonds is 4. The van der Waals surface area contributed by atoms with Gasteiger partial charge in [0.05, 0.1) is 6.10 Å². The molecule has 0 bridgehead atoms. The summed E-state index contributed by atoms with van der Waals surface area (Å²) in [6.45, 7) is 5.77.